The van der Waals surface area contributed by atoms with E-state index in [2.05, 4.69) is 21.5 Å². The van der Waals surface area contributed by atoms with Gasteiger partial charge in [-0.3, -0.25) is 14.9 Å². The monoisotopic (exact) mass is 537 g/mol. The molecule has 2 aromatic carbocycles. The molecule has 206 valence electrons. The first kappa shape index (κ1) is 25.2. The van der Waals surface area contributed by atoms with Crippen LogP contribution in [0.25, 0.3) is 10.9 Å². The molecule has 0 unspecified atom stereocenters. The summed E-state index contributed by atoms with van der Waals surface area (Å²) in [6.45, 7) is 0.190. The van der Waals surface area contributed by atoms with Crippen molar-refractivity contribution in [3.63, 3.8) is 0 Å². The van der Waals surface area contributed by atoms with Gasteiger partial charge >= 0.3 is 5.97 Å². The molecule has 0 radical (unpaired) electrons. The Kier molecular flexibility index (Phi) is 6.12. The summed E-state index contributed by atoms with van der Waals surface area (Å²) in [6, 6.07) is 12.8. The van der Waals surface area contributed by atoms with E-state index in [1.165, 1.54) is 26.4 Å². The topological polar surface area (TPSA) is 92.5 Å². The Balaban J connectivity index is 1.16. The Morgan fingerprint density at radius 2 is 1.75 bits per heavy atom. The highest BCUT2D eigenvalue weighted by atomic mass is 16.5. The molecular weight excluding hydrogens is 502 g/mol. The van der Waals surface area contributed by atoms with E-state index in [-0.39, 0.29) is 30.1 Å². The van der Waals surface area contributed by atoms with Crippen molar-refractivity contribution >= 4 is 22.8 Å². The average molecular weight is 538 g/mol. The van der Waals surface area contributed by atoms with Gasteiger partial charge in [-0.05, 0) is 97.7 Å². The number of ether oxygens (including phenoxy) is 2. The van der Waals surface area contributed by atoms with Crippen LogP contribution in [0.1, 0.15) is 71.7 Å². The van der Waals surface area contributed by atoms with Gasteiger partial charge in [-0.1, -0.05) is 18.1 Å². The molecule has 1 aliphatic heterocycles. The number of aromatic nitrogens is 1. The second kappa shape index (κ2) is 9.71. The van der Waals surface area contributed by atoms with Crippen LogP contribution in [0.5, 0.6) is 5.75 Å². The van der Waals surface area contributed by atoms with E-state index in [0.29, 0.717) is 17.7 Å². The number of fused-ring (bicyclic) bond motifs is 3. The summed E-state index contributed by atoms with van der Waals surface area (Å²) in [6.07, 6.45) is 13.3. The van der Waals surface area contributed by atoms with Gasteiger partial charge in [0.15, 0.2) is 0 Å². The van der Waals surface area contributed by atoms with Crippen molar-refractivity contribution < 1.29 is 19.1 Å². The fraction of sp³-hybridized carbons (Fsp3) is 0.455. The molecular formula is C33H35N3O4. The van der Waals surface area contributed by atoms with Crippen LogP contribution in [0.4, 0.5) is 0 Å². The largest absolute Gasteiger partial charge is 0.481 e. The van der Waals surface area contributed by atoms with E-state index in [1.807, 2.05) is 42.5 Å². The zero-order chi connectivity index (χ0) is 27.4. The van der Waals surface area contributed by atoms with Crippen molar-refractivity contribution in [2.24, 2.45) is 17.8 Å². The number of nitrogens with one attached hydrogen (secondary N) is 3. The molecule has 1 aromatic heterocycles. The number of aromatic amines is 1. The molecule has 4 saturated carbocycles. The third-order valence-electron chi connectivity index (χ3n) is 9.71. The molecule has 40 heavy (non-hydrogen) atoms. The second-order valence-electron chi connectivity index (χ2n) is 12.4. The van der Waals surface area contributed by atoms with Gasteiger partial charge in [0, 0.05) is 34.1 Å². The number of esters is 1. The number of terminal acetylenes is 1. The van der Waals surface area contributed by atoms with Gasteiger partial charge in [-0.15, -0.1) is 6.42 Å². The van der Waals surface area contributed by atoms with Crippen molar-refractivity contribution in [3.05, 3.63) is 64.8 Å². The lowest BCUT2D eigenvalue weighted by atomic mass is 9.53. The number of amides is 1. The molecule has 3 aromatic rings. The molecule has 7 nitrogen and oxygen atoms in total. The first-order valence-electron chi connectivity index (χ1n) is 14.4. The minimum atomic E-state index is -0.504. The Morgan fingerprint density at radius 1 is 1.05 bits per heavy atom. The number of rotatable bonds is 6. The summed E-state index contributed by atoms with van der Waals surface area (Å²) in [5, 5.41) is 7.95. The van der Waals surface area contributed by atoms with Crippen LogP contribution >= 0.6 is 0 Å². The number of carbonyl (C=O) groups excluding carboxylic acids is 2. The normalized spacial score (nSPS) is 29.9. The van der Waals surface area contributed by atoms with Crippen LogP contribution in [-0.4, -0.2) is 42.2 Å². The van der Waals surface area contributed by atoms with Crippen molar-refractivity contribution in [2.75, 3.05) is 13.7 Å². The molecule has 2 atom stereocenters. The highest BCUT2D eigenvalue weighted by Crippen LogP contribution is 2.55. The van der Waals surface area contributed by atoms with Gasteiger partial charge in [0.1, 0.15) is 18.4 Å². The lowest BCUT2D eigenvalue weighted by molar-refractivity contribution is -0.143. The SMILES string of the molecule is C#CCOc1ccc2[nH]c3c(c2c1)C[C@H](C(=O)OC)N[C@H]3c1ccc(C(=O)NC23CC4CC(CC(C4)C2)C3)cc1. The van der Waals surface area contributed by atoms with E-state index in [1.54, 1.807) is 0 Å². The molecule has 8 rings (SSSR count). The van der Waals surface area contributed by atoms with E-state index >= 15 is 0 Å². The Hall–Kier alpha value is -3.76. The van der Waals surface area contributed by atoms with Crippen molar-refractivity contribution in [1.29, 1.82) is 0 Å². The molecule has 1 amide bonds. The Morgan fingerprint density at radius 3 is 2.40 bits per heavy atom. The van der Waals surface area contributed by atoms with Gasteiger partial charge in [-0.25, -0.2) is 0 Å². The van der Waals surface area contributed by atoms with E-state index in [9.17, 15) is 9.59 Å². The fourth-order valence-corrected chi connectivity index (χ4v) is 8.44. The maximum Gasteiger partial charge on any atom is 0.323 e. The van der Waals surface area contributed by atoms with Gasteiger partial charge in [-0.2, -0.15) is 0 Å². The van der Waals surface area contributed by atoms with Crippen LogP contribution < -0.4 is 15.4 Å². The number of carbonyl (C=O) groups is 2. The van der Waals surface area contributed by atoms with Crippen molar-refractivity contribution in [1.82, 2.24) is 15.6 Å². The molecule has 3 N–H and O–H groups in total. The van der Waals surface area contributed by atoms with E-state index < -0.39 is 6.04 Å². The summed E-state index contributed by atoms with van der Waals surface area (Å²) in [7, 11) is 1.41. The maximum absolute atomic E-state index is 13.4. The highest BCUT2D eigenvalue weighted by molar-refractivity contribution is 5.95. The Bertz CT molecular complexity index is 1480. The summed E-state index contributed by atoms with van der Waals surface area (Å²) < 4.78 is 10.8. The molecule has 5 aliphatic rings. The molecule has 0 saturated heterocycles. The number of benzene rings is 2. The standard InChI is InChI=1S/C33H35N3O4/c1-3-10-40-24-8-9-27-25(14-24)26-15-28(32(38)39-2)35-29(30(26)34-27)22-4-6-23(7-5-22)31(37)36-33-16-19-11-20(17-33)13-21(12-19)18-33/h1,4-9,14,19-21,28-29,34-35H,10-13,15-18H2,2H3,(H,36,37)/t19?,20?,21?,28-,29+,33?/m1/s1. The van der Waals surface area contributed by atoms with Crippen LogP contribution in [0, 0.1) is 30.1 Å². The zero-order valence-corrected chi connectivity index (χ0v) is 22.8. The summed E-state index contributed by atoms with van der Waals surface area (Å²) in [5.41, 5.74) is 4.62. The fourth-order valence-electron chi connectivity index (χ4n) is 8.44. The number of hydrogen-bond donors (Lipinski definition) is 3. The van der Waals surface area contributed by atoms with Crippen LogP contribution in [0.2, 0.25) is 0 Å². The minimum Gasteiger partial charge on any atom is -0.481 e. The molecule has 4 bridgehead atoms. The van der Waals surface area contributed by atoms with Gasteiger partial charge < -0.3 is 19.8 Å². The summed E-state index contributed by atoms with van der Waals surface area (Å²) >= 11 is 0. The molecule has 7 heteroatoms. The summed E-state index contributed by atoms with van der Waals surface area (Å²) in [5.74, 6) is 5.22. The molecule has 0 spiro atoms. The van der Waals surface area contributed by atoms with Gasteiger partial charge in [0.2, 0.25) is 0 Å². The quantitative estimate of drug-likeness (QED) is 0.314. The predicted octanol–water partition coefficient (Wildman–Crippen LogP) is 4.66. The van der Waals surface area contributed by atoms with Crippen molar-refractivity contribution in [3.8, 4) is 18.1 Å². The maximum atomic E-state index is 13.4. The number of methoxy groups -OCH3 is 1. The van der Waals surface area contributed by atoms with E-state index in [0.717, 1.165) is 64.7 Å². The van der Waals surface area contributed by atoms with Gasteiger partial charge in [0.05, 0.1) is 13.2 Å². The molecule has 2 heterocycles. The van der Waals surface area contributed by atoms with Crippen LogP contribution in [0.3, 0.4) is 0 Å². The third kappa shape index (κ3) is 4.35. The zero-order valence-electron chi connectivity index (χ0n) is 22.8. The molecule has 4 aliphatic carbocycles. The highest BCUT2D eigenvalue weighted by Gasteiger charge is 2.51. The van der Waals surface area contributed by atoms with Crippen LogP contribution in [-0.2, 0) is 16.0 Å². The molecule has 4 fully saturated rings. The van der Waals surface area contributed by atoms with Crippen LogP contribution in [0.15, 0.2) is 42.5 Å². The average Bonchev–Trinajstić information content (AvgIpc) is 3.32. The lowest BCUT2D eigenvalue weighted by Gasteiger charge is -2.56. The first-order chi connectivity index (χ1) is 19.4. The number of hydrogen-bond acceptors (Lipinski definition) is 5. The predicted molar refractivity (Wildman–Crippen MR) is 152 cm³/mol. The Labute approximate surface area is 234 Å². The first-order valence-corrected chi connectivity index (χ1v) is 14.4. The summed E-state index contributed by atoms with van der Waals surface area (Å²) in [4.78, 5) is 29.6. The second-order valence-corrected chi connectivity index (χ2v) is 12.4. The van der Waals surface area contributed by atoms with Crippen molar-refractivity contribution in [2.45, 2.75) is 62.6 Å². The number of H-pyrrole nitrogens is 1. The third-order valence-corrected chi connectivity index (χ3v) is 9.71. The smallest absolute Gasteiger partial charge is 0.323 e. The lowest BCUT2D eigenvalue weighted by Crippen LogP contribution is -2.59. The van der Waals surface area contributed by atoms with Gasteiger partial charge in [0.25, 0.3) is 5.91 Å². The van der Waals surface area contributed by atoms with E-state index in [4.69, 9.17) is 15.9 Å². The minimum absolute atomic E-state index is 0.0170.